The summed E-state index contributed by atoms with van der Waals surface area (Å²) < 4.78 is 38.6. The zero-order valence-corrected chi connectivity index (χ0v) is 17.2. The van der Waals surface area contributed by atoms with Gasteiger partial charge in [0.05, 0.1) is 37.1 Å². The van der Waals surface area contributed by atoms with E-state index in [4.69, 9.17) is 9.47 Å². The van der Waals surface area contributed by atoms with Crippen molar-refractivity contribution in [3.8, 4) is 5.75 Å². The first-order chi connectivity index (χ1) is 14.5. The maximum Gasteiger partial charge on any atom is 0.257 e. The van der Waals surface area contributed by atoms with Crippen LogP contribution in [0.25, 0.3) is 10.9 Å². The molecule has 1 saturated heterocycles. The van der Waals surface area contributed by atoms with Crippen molar-refractivity contribution >= 4 is 32.5 Å². The van der Waals surface area contributed by atoms with Gasteiger partial charge in [-0.3, -0.25) is 9.89 Å². The third-order valence-corrected chi connectivity index (χ3v) is 6.73. The van der Waals surface area contributed by atoms with Crippen LogP contribution >= 0.6 is 0 Å². The number of anilines is 1. The average Bonchev–Trinajstić information content (AvgIpc) is 3.24. The van der Waals surface area contributed by atoms with E-state index in [2.05, 4.69) is 15.5 Å². The summed E-state index contributed by atoms with van der Waals surface area (Å²) in [6.45, 7) is 3.32. The van der Waals surface area contributed by atoms with E-state index in [0.29, 0.717) is 36.6 Å². The number of sulfonamides is 1. The molecule has 1 fully saturated rings. The molecule has 158 valence electrons. The number of rotatable bonds is 6. The van der Waals surface area contributed by atoms with Gasteiger partial charge in [0, 0.05) is 24.2 Å². The Morgan fingerprint density at radius 3 is 2.83 bits per heavy atom. The van der Waals surface area contributed by atoms with E-state index in [1.54, 1.807) is 37.4 Å². The Hall–Kier alpha value is -2.95. The monoisotopic (exact) mass is 430 g/mol. The Morgan fingerprint density at radius 1 is 1.27 bits per heavy atom. The molecule has 1 amide bonds. The second-order valence-corrected chi connectivity index (χ2v) is 8.61. The van der Waals surface area contributed by atoms with Crippen LogP contribution in [0.1, 0.15) is 17.3 Å². The van der Waals surface area contributed by atoms with E-state index < -0.39 is 10.0 Å². The largest absolute Gasteiger partial charge is 0.492 e. The number of morpholine rings is 1. The quantitative estimate of drug-likeness (QED) is 0.620. The van der Waals surface area contributed by atoms with E-state index >= 15 is 0 Å². The highest BCUT2D eigenvalue weighted by atomic mass is 32.2. The highest BCUT2D eigenvalue weighted by Gasteiger charge is 2.30. The first-order valence-electron chi connectivity index (χ1n) is 9.59. The third kappa shape index (κ3) is 3.89. The maximum atomic E-state index is 13.2. The van der Waals surface area contributed by atoms with E-state index in [-0.39, 0.29) is 29.6 Å². The second-order valence-electron chi connectivity index (χ2n) is 6.70. The lowest BCUT2D eigenvalue weighted by molar-refractivity contribution is 0.0729. The molecule has 0 aliphatic carbocycles. The fourth-order valence-electron chi connectivity index (χ4n) is 3.34. The molecule has 0 bridgehead atoms. The first kappa shape index (κ1) is 20.3. The molecule has 0 saturated carbocycles. The Labute approximate surface area is 174 Å². The van der Waals surface area contributed by atoms with Gasteiger partial charge in [-0.15, -0.1) is 0 Å². The summed E-state index contributed by atoms with van der Waals surface area (Å²) in [5.41, 5.74) is 1.38. The van der Waals surface area contributed by atoms with Crippen molar-refractivity contribution < 1.29 is 22.7 Å². The highest BCUT2D eigenvalue weighted by molar-refractivity contribution is 7.89. The van der Waals surface area contributed by atoms with E-state index in [9.17, 15) is 13.2 Å². The lowest BCUT2D eigenvalue weighted by Gasteiger charge is -2.27. The molecule has 10 heteroatoms. The minimum absolute atomic E-state index is 0.0174. The molecule has 30 heavy (non-hydrogen) atoms. The summed E-state index contributed by atoms with van der Waals surface area (Å²) >= 11 is 0. The summed E-state index contributed by atoms with van der Waals surface area (Å²) in [5.74, 6) is -0.124. The molecule has 9 nitrogen and oxygen atoms in total. The summed E-state index contributed by atoms with van der Waals surface area (Å²) in [4.78, 5) is 12.9. The SMILES string of the molecule is CCOc1ccc(NC(=O)c2cccc3cn[nH]c23)cc1S(=O)(=O)N1CCOCC1. The van der Waals surface area contributed by atoms with Gasteiger partial charge in [0.25, 0.3) is 5.91 Å². The number of carbonyl (C=O) groups is 1. The van der Waals surface area contributed by atoms with Crippen molar-refractivity contribution in [2.45, 2.75) is 11.8 Å². The zero-order chi connectivity index (χ0) is 21.1. The number of para-hydroxylation sites is 1. The van der Waals surface area contributed by atoms with Gasteiger partial charge in [0.15, 0.2) is 0 Å². The number of hydrogen-bond acceptors (Lipinski definition) is 6. The number of aromatic amines is 1. The molecular formula is C20H22N4O5S. The predicted molar refractivity (Wildman–Crippen MR) is 111 cm³/mol. The van der Waals surface area contributed by atoms with Gasteiger partial charge >= 0.3 is 0 Å². The van der Waals surface area contributed by atoms with Gasteiger partial charge in [0.1, 0.15) is 10.6 Å². The van der Waals surface area contributed by atoms with Gasteiger partial charge in [-0.1, -0.05) is 12.1 Å². The van der Waals surface area contributed by atoms with Gasteiger partial charge in [0.2, 0.25) is 10.0 Å². The predicted octanol–water partition coefficient (Wildman–Crippen LogP) is 2.23. The number of aromatic nitrogens is 2. The number of benzene rings is 2. The van der Waals surface area contributed by atoms with Gasteiger partial charge in [-0.05, 0) is 31.2 Å². The van der Waals surface area contributed by atoms with Crippen LogP contribution < -0.4 is 10.1 Å². The zero-order valence-electron chi connectivity index (χ0n) is 16.4. The minimum Gasteiger partial charge on any atom is -0.492 e. The number of carbonyl (C=O) groups excluding carboxylic acids is 1. The molecule has 2 N–H and O–H groups in total. The maximum absolute atomic E-state index is 13.2. The van der Waals surface area contributed by atoms with Crippen LogP contribution in [0.4, 0.5) is 5.69 Å². The van der Waals surface area contributed by atoms with Crippen LogP contribution in [0.15, 0.2) is 47.5 Å². The van der Waals surface area contributed by atoms with Crippen LogP contribution in [-0.2, 0) is 14.8 Å². The number of H-pyrrole nitrogens is 1. The van der Waals surface area contributed by atoms with Crippen molar-refractivity contribution in [1.29, 1.82) is 0 Å². The molecule has 2 heterocycles. The van der Waals surface area contributed by atoms with E-state index in [1.807, 2.05) is 6.07 Å². The molecule has 3 aromatic rings. The lowest BCUT2D eigenvalue weighted by Crippen LogP contribution is -2.40. The Bertz CT molecular complexity index is 1170. The third-order valence-electron chi connectivity index (χ3n) is 4.81. The number of nitrogens with zero attached hydrogens (tertiary/aromatic N) is 2. The molecule has 1 aliphatic heterocycles. The molecule has 4 rings (SSSR count). The summed E-state index contributed by atoms with van der Waals surface area (Å²) in [7, 11) is -3.80. The molecular weight excluding hydrogens is 408 g/mol. The smallest absolute Gasteiger partial charge is 0.257 e. The first-order valence-corrected chi connectivity index (χ1v) is 11.0. The molecule has 1 aromatic heterocycles. The van der Waals surface area contributed by atoms with Crippen molar-refractivity contribution in [1.82, 2.24) is 14.5 Å². The van der Waals surface area contributed by atoms with Crippen molar-refractivity contribution in [3.63, 3.8) is 0 Å². The van der Waals surface area contributed by atoms with Gasteiger partial charge < -0.3 is 14.8 Å². The summed E-state index contributed by atoms with van der Waals surface area (Å²) in [5, 5.41) is 10.4. The lowest BCUT2D eigenvalue weighted by atomic mass is 10.1. The van der Waals surface area contributed by atoms with Crippen molar-refractivity contribution in [2.24, 2.45) is 0 Å². The standard InChI is InChI=1S/C20H22N4O5S/c1-2-29-17-7-6-15(12-18(17)30(26,27)24-8-10-28-11-9-24)22-20(25)16-5-3-4-14-13-21-23-19(14)16/h3-7,12-13H,2,8-11H2,1H3,(H,21,23)(H,22,25). The molecule has 0 unspecified atom stereocenters. The molecule has 0 radical (unpaired) electrons. The average molecular weight is 430 g/mol. The molecule has 0 spiro atoms. The number of amides is 1. The minimum atomic E-state index is -3.80. The van der Waals surface area contributed by atoms with Gasteiger partial charge in [-0.25, -0.2) is 8.42 Å². The Balaban J connectivity index is 1.67. The van der Waals surface area contributed by atoms with Gasteiger partial charge in [-0.2, -0.15) is 9.40 Å². The fourth-order valence-corrected chi connectivity index (χ4v) is 4.91. The molecule has 2 aromatic carbocycles. The van der Waals surface area contributed by atoms with Crippen LogP contribution in [0, 0.1) is 0 Å². The number of nitrogens with one attached hydrogen (secondary N) is 2. The molecule has 0 atom stereocenters. The van der Waals surface area contributed by atoms with Crippen LogP contribution in [0.3, 0.4) is 0 Å². The fraction of sp³-hybridized carbons (Fsp3) is 0.300. The summed E-state index contributed by atoms with van der Waals surface area (Å²) in [6.07, 6.45) is 1.63. The van der Waals surface area contributed by atoms with E-state index in [0.717, 1.165) is 5.39 Å². The van der Waals surface area contributed by atoms with E-state index in [1.165, 1.54) is 10.4 Å². The topological polar surface area (TPSA) is 114 Å². The van der Waals surface area contributed by atoms with Crippen molar-refractivity contribution in [2.75, 3.05) is 38.2 Å². The normalized spacial score (nSPS) is 15.2. The van der Waals surface area contributed by atoms with Crippen molar-refractivity contribution in [3.05, 3.63) is 48.2 Å². The van der Waals surface area contributed by atoms with Crippen LogP contribution in [-0.4, -0.2) is 61.7 Å². The summed E-state index contributed by atoms with van der Waals surface area (Å²) in [6, 6.07) is 9.90. The Kier molecular flexibility index (Phi) is 5.71. The number of hydrogen-bond donors (Lipinski definition) is 2. The number of fused-ring (bicyclic) bond motifs is 1. The van der Waals surface area contributed by atoms with Crippen LogP contribution in [0.2, 0.25) is 0 Å². The highest BCUT2D eigenvalue weighted by Crippen LogP contribution is 2.31. The van der Waals surface area contributed by atoms with Crippen LogP contribution in [0.5, 0.6) is 5.75 Å². The second kappa shape index (κ2) is 8.42. The molecule has 1 aliphatic rings. The Morgan fingerprint density at radius 2 is 2.07 bits per heavy atom. The number of ether oxygens (including phenoxy) is 2.